The van der Waals surface area contributed by atoms with Crippen molar-refractivity contribution in [3.05, 3.63) is 336 Å². The maximum absolute atomic E-state index is 6.54. The van der Waals surface area contributed by atoms with E-state index >= 15 is 0 Å². The van der Waals surface area contributed by atoms with Crippen LogP contribution in [0.4, 0.5) is 17.1 Å². The highest BCUT2D eigenvalue weighted by Gasteiger charge is 2.53. The van der Waals surface area contributed by atoms with E-state index < -0.39 is 10.8 Å². The highest BCUT2D eigenvalue weighted by Crippen LogP contribution is 2.66. The molecule has 12 aromatic rings. The molecule has 1 aromatic heterocycles. The zero-order chi connectivity index (χ0) is 50.4. The minimum Gasteiger partial charge on any atom is -0.456 e. The van der Waals surface area contributed by atoms with Crippen LogP contribution in [0, 0.1) is 0 Å². The van der Waals surface area contributed by atoms with Crippen LogP contribution in [0.2, 0.25) is 0 Å². The van der Waals surface area contributed by atoms with E-state index in [0.717, 1.165) is 44.6 Å². The largest absolute Gasteiger partial charge is 0.456 e. The summed E-state index contributed by atoms with van der Waals surface area (Å²) >= 11 is 0. The maximum Gasteiger partial charge on any atom is 0.135 e. The van der Waals surface area contributed by atoms with Gasteiger partial charge in [-0.1, -0.05) is 249 Å². The lowest BCUT2D eigenvalue weighted by Crippen LogP contribution is -2.30. The first-order valence-electron chi connectivity index (χ1n) is 26.3. The molecule has 1 heterocycles. The summed E-state index contributed by atoms with van der Waals surface area (Å²) in [5.74, 6) is 0. The fourth-order valence-corrected chi connectivity index (χ4v) is 13.7. The van der Waals surface area contributed by atoms with Gasteiger partial charge in [-0.15, -0.1) is 0 Å². The molecule has 3 aliphatic rings. The topological polar surface area (TPSA) is 16.4 Å². The van der Waals surface area contributed by atoms with Gasteiger partial charge in [0, 0.05) is 27.7 Å². The van der Waals surface area contributed by atoms with E-state index in [1.807, 2.05) is 18.2 Å². The Morgan fingerprint density at radius 1 is 0.382 bits per heavy atom. The number of anilines is 3. The summed E-state index contributed by atoms with van der Waals surface area (Å²) in [5.41, 5.74) is 24.6. The molecule has 1 spiro atoms. The molecule has 0 aliphatic heterocycles. The van der Waals surface area contributed by atoms with Crippen LogP contribution in [-0.2, 0) is 10.8 Å². The van der Waals surface area contributed by atoms with Crippen molar-refractivity contribution in [1.29, 1.82) is 0 Å². The van der Waals surface area contributed by atoms with Crippen LogP contribution in [0.5, 0.6) is 0 Å². The van der Waals surface area contributed by atoms with E-state index in [-0.39, 0.29) is 0 Å². The Morgan fingerprint density at radius 2 is 0.895 bits per heavy atom. The molecule has 2 heteroatoms. The molecule has 0 bridgehead atoms. The number of fused-ring (bicyclic) bond motifs is 16. The van der Waals surface area contributed by atoms with Gasteiger partial charge >= 0.3 is 0 Å². The van der Waals surface area contributed by atoms with Crippen LogP contribution in [0.15, 0.2) is 296 Å². The van der Waals surface area contributed by atoms with Crippen LogP contribution < -0.4 is 4.90 Å². The van der Waals surface area contributed by atoms with Crippen LogP contribution >= 0.6 is 0 Å². The van der Waals surface area contributed by atoms with Crippen molar-refractivity contribution in [3.8, 4) is 44.5 Å². The molecule has 356 valence electrons. The maximum atomic E-state index is 6.54. The van der Waals surface area contributed by atoms with E-state index in [1.54, 1.807) is 0 Å². The van der Waals surface area contributed by atoms with Crippen LogP contribution in [0.1, 0.15) is 44.5 Å². The molecule has 0 saturated heterocycles. The minimum absolute atomic E-state index is 0.518. The van der Waals surface area contributed by atoms with Gasteiger partial charge in [0.2, 0.25) is 0 Å². The number of hydrogen-bond acceptors (Lipinski definition) is 2. The molecule has 0 saturated carbocycles. The monoisotopic (exact) mass is 967 g/mol. The first-order valence-corrected chi connectivity index (χ1v) is 26.3. The molecule has 0 radical (unpaired) electrons. The highest BCUT2D eigenvalue weighted by molar-refractivity contribution is 6.08. The van der Waals surface area contributed by atoms with Crippen molar-refractivity contribution < 1.29 is 4.42 Å². The summed E-state index contributed by atoms with van der Waals surface area (Å²) in [6.07, 6.45) is 8.38. The molecule has 11 aromatic carbocycles. The predicted octanol–water partition coefficient (Wildman–Crippen LogP) is 19.2. The molecule has 76 heavy (non-hydrogen) atoms. The van der Waals surface area contributed by atoms with E-state index in [4.69, 9.17) is 4.42 Å². The van der Waals surface area contributed by atoms with Crippen LogP contribution in [0.3, 0.4) is 0 Å². The number of para-hydroxylation sites is 1. The second kappa shape index (κ2) is 17.2. The number of furan rings is 1. The Kier molecular flexibility index (Phi) is 9.89. The Labute approximate surface area is 443 Å². The van der Waals surface area contributed by atoms with Gasteiger partial charge in [-0.3, -0.25) is 0 Å². The van der Waals surface area contributed by atoms with E-state index in [9.17, 15) is 0 Å². The fraction of sp³-hybridized carbons (Fsp3) is 0.0270. The number of hydrogen-bond donors (Lipinski definition) is 0. The molecule has 0 fully saturated rings. The Hall–Kier alpha value is -9.76. The van der Waals surface area contributed by atoms with Crippen molar-refractivity contribution in [2.75, 3.05) is 4.90 Å². The summed E-state index contributed by atoms with van der Waals surface area (Å²) in [5, 5.41) is 2.16. The van der Waals surface area contributed by atoms with Gasteiger partial charge in [0.05, 0.1) is 16.5 Å². The van der Waals surface area contributed by atoms with Gasteiger partial charge in [-0.05, 0) is 131 Å². The fourth-order valence-electron chi connectivity index (χ4n) is 13.7. The zero-order valence-corrected chi connectivity index (χ0v) is 41.7. The Bertz CT molecular complexity index is 4340. The molecule has 1 unspecified atom stereocenters. The van der Waals surface area contributed by atoms with Gasteiger partial charge in [-0.25, -0.2) is 0 Å². The number of rotatable bonds is 9. The molecule has 0 amide bonds. The van der Waals surface area contributed by atoms with Crippen LogP contribution in [0.25, 0.3) is 72.0 Å². The number of benzene rings is 11. The third kappa shape index (κ3) is 6.10. The predicted molar refractivity (Wildman–Crippen MR) is 316 cm³/mol. The summed E-state index contributed by atoms with van der Waals surface area (Å²) in [6.45, 7) is 4.11. The SMILES string of the molecule is C=C/C=C\C=C(/c1ccccc1)C1(c2ccccc2-c2ccccc2)c2ccccc2-c2ccc(N(c3ccc4oc5ccccc5c4c3)c3cccc4c3-c3ccccc3C43c4ccccc4-c4ccccc43)cc21. The lowest BCUT2D eigenvalue weighted by Gasteiger charge is -2.38. The lowest BCUT2D eigenvalue weighted by molar-refractivity contribution is 0.669. The van der Waals surface area contributed by atoms with Gasteiger partial charge in [-0.2, -0.15) is 0 Å². The molecule has 2 nitrogen and oxygen atoms in total. The van der Waals surface area contributed by atoms with Crippen molar-refractivity contribution in [2.45, 2.75) is 10.8 Å². The zero-order valence-electron chi connectivity index (χ0n) is 41.7. The third-order valence-corrected chi connectivity index (χ3v) is 16.6. The number of allylic oxidation sites excluding steroid dienone is 5. The van der Waals surface area contributed by atoms with Gasteiger partial charge in [0.15, 0.2) is 0 Å². The van der Waals surface area contributed by atoms with Gasteiger partial charge in [0.1, 0.15) is 11.2 Å². The molecule has 1 atom stereocenters. The van der Waals surface area contributed by atoms with Gasteiger partial charge < -0.3 is 9.32 Å². The van der Waals surface area contributed by atoms with Crippen molar-refractivity contribution in [1.82, 2.24) is 0 Å². The third-order valence-electron chi connectivity index (χ3n) is 16.6. The van der Waals surface area contributed by atoms with Crippen molar-refractivity contribution in [2.24, 2.45) is 0 Å². The number of nitrogens with zero attached hydrogens (tertiary/aromatic N) is 1. The highest BCUT2D eigenvalue weighted by atomic mass is 16.3. The van der Waals surface area contributed by atoms with Crippen molar-refractivity contribution in [3.63, 3.8) is 0 Å². The normalized spacial score (nSPS) is 15.3. The molecule has 0 N–H and O–H groups in total. The first-order chi connectivity index (χ1) is 37.7. The second-order valence-corrected chi connectivity index (χ2v) is 20.2. The molecular weight excluding hydrogens is 919 g/mol. The Morgan fingerprint density at radius 3 is 1.61 bits per heavy atom. The quantitative estimate of drug-likeness (QED) is 0.134. The van der Waals surface area contributed by atoms with E-state index in [2.05, 4.69) is 278 Å². The standard InChI is InChI=1S/C74H49NO/c1-2-3-6-34-61(50-26-9-5-10-27-50)73(62-35-17-11-28-53(62)49-24-7-4-8-25-49)63-36-18-14-31-56(63)57-45-43-52(48-68(57)73)75(51-44-46-71-60(47-51)58-32-16-22-42-70(58)76-71)69-41-23-40-67-72(69)59-33-15-21-39-66(59)74(67)64-37-19-12-29-54(64)55-30-13-20-38-65(55)74/h2-48H,1H2/b6-3-,61-34+. The molecular formula is C74H49NO. The molecule has 15 rings (SSSR count). The average Bonchev–Trinajstić information content (AvgIpc) is 4.28. The lowest BCUT2D eigenvalue weighted by atomic mass is 9.63. The van der Waals surface area contributed by atoms with Crippen LogP contribution in [-0.4, -0.2) is 0 Å². The smallest absolute Gasteiger partial charge is 0.135 e. The average molecular weight is 968 g/mol. The molecule has 3 aliphatic carbocycles. The summed E-state index contributed by atoms with van der Waals surface area (Å²) in [6, 6.07) is 96.7. The van der Waals surface area contributed by atoms with Gasteiger partial charge in [0.25, 0.3) is 0 Å². The first kappa shape index (κ1) is 43.8. The summed E-state index contributed by atoms with van der Waals surface area (Å²) in [7, 11) is 0. The summed E-state index contributed by atoms with van der Waals surface area (Å²) in [4.78, 5) is 2.53. The Balaban J connectivity index is 1.07. The minimum atomic E-state index is -0.801. The van der Waals surface area contributed by atoms with E-state index in [0.29, 0.717) is 0 Å². The second-order valence-electron chi connectivity index (χ2n) is 20.2. The van der Waals surface area contributed by atoms with Crippen molar-refractivity contribution >= 4 is 44.6 Å². The summed E-state index contributed by atoms with van der Waals surface area (Å²) < 4.78 is 6.54. The van der Waals surface area contributed by atoms with E-state index in [1.165, 1.54) is 89.0 Å².